The standard InChI is InChI=1S/C23H20N4O4S/c1-13-4-2-5-14(10-13)25-23(32)26-22(31)17-12-27(8-9-28)20-15-6-3-7-24-19(15)18(29)11-16(20)21(17)30/h2-7,10-12,28-29H,8-9H2,1H3,(H2,25,26,31,32). The lowest BCUT2D eigenvalue weighted by atomic mass is 10.1. The number of carbonyl (C=O) groups is 1. The van der Waals surface area contributed by atoms with E-state index in [1.165, 1.54) is 18.5 Å². The van der Waals surface area contributed by atoms with E-state index in [4.69, 9.17) is 12.2 Å². The molecule has 8 nitrogen and oxygen atoms in total. The first-order valence-corrected chi connectivity index (χ1v) is 10.2. The Morgan fingerprint density at radius 1 is 1.19 bits per heavy atom. The number of hydrogen-bond acceptors (Lipinski definition) is 6. The van der Waals surface area contributed by atoms with Gasteiger partial charge in [0, 0.05) is 30.0 Å². The summed E-state index contributed by atoms with van der Waals surface area (Å²) in [6.07, 6.45) is 2.92. The number of phenolic OH excluding ortho intramolecular Hbond substituents is 1. The number of benzene rings is 2. The number of aromatic hydroxyl groups is 1. The molecule has 0 atom stereocenters. The molecule has 0 aliphatic rings. The highest BCUT2D eigenvalue weighted by Gasteiger charge is 2.19. The van der Waals surface area contributed by atoms with Crippen LogP contribution in [0.3, 0.4) is 0 Å². The van der Waals surface area contributed by atoms with Crippen molar-refractivity contribution in [3.63, 3.8) is 0 Å². The summed E-state index contributed by atoms with van der Waals surface area (Å²) in [5.41, 5.74) is 1.80. The van der Waals surface area contributed by atoms with Gasteiger partial charge in [0.1, 0.15) is 16.8 Å². The van der Waals surface area contributed by atoms with Crippen LogP contribution < -0.4 is 16.1 Å². The van der Waals surface area contributed by atoms with Crippen molar-refractivity contribution < 1.29 is 15.0 Å². The minimum Gasteiger partial charge on any atom is -0.506 e. The van der Waals surface area contributed by atoms with E-state index in [0.717, 1.165) is 5.56 Å². The zero-order valence-corrected chi connectivity index (χ0v) is 17.9. The molecule has 4 rings (SSSR count). The van der Waals surface area contributed by atoms with Gasteiger partial charge in [-0.1, -0.05) is 12.1 Å². The van der Waals surface area contributed by atoms with Crippen molar-refractivity contribution in [1.82, 2.24) is 14.9 Å². The molecule has 0 radical (unpaired) electrons. The minimum absolute atomic E-state index is 0.0411. The lowest BCUT2D eigenvalue weighted by Crippen LogP contribution is -2.37. The Morgan fingerprint density at radius 2 is 2.00 bits per heavy atom. The van der Waals surface area contributed by atoms with Crippen LogP contribution in [-0.4, -0.2) is 37.4 Å². The van der Waals surface area contributed by atoms with Crippen LogP contribution in [0.15, 0.2) is 59.7 Å². The second kappa shape index (κ2) is 8.74. The van der Waals surface area contributed by atoms with Crippen LogP contribution in [0, 0.1) is 6.92 Å². The van der Waals surface area contributed by atoms with Gasteiger partial charge in [-0.3, -0.25) is 19.9 Å². The van der Waals surface area contributed by atoms with E-state index in [1.54, 1.807) is 22.8 Å². The summed E-state index contributed by atoms with van der Waals surface area (Å²) < 4.78 is 1.60. The van der Waals surface area contributed by atoms with Crippen molar-refractivity contribution in [2.24, 2.45) is 0 Å². The SMILES string of the molecule is Cc1cccc(NC(=S)NC(=O)c2cn(CCO)c3c(cc(O)c4ncccc43)c2=O)c1. The highest BCUT2D eigenvalue weighted by atomic mass is 32.1. The number of aryl methyl sites for hydroxylation is 1. The zero-order chi connectivity index (χ0) is 22.8. The number of anilines is 1. The third-order valence-electron chi connectivity index (χ3n) is 4.99. The molecule has 162 valence electrons. The van der Waals surface area contributed by atoms with Gasteiger partial charge in [0.15, 0.2) is 5.11 Å². The first-order chi connectivity index (χ1) is 15.4. The Labute approximate surface area is 188 Å². The molecule has 0 bridgehead atoms. The van der Waals surface area contributed by atoms with Crippen LogP contribution in [0.25, 0.3) is 21.8 Å². The third kappa shape index (κ3) is 4.03. The van der Waals surface area contributed by atoms with Gasteiger partial charge < -0.3 is 20.1 Å². The van der Waals surface area contributed by atoms with Crippen molar-refractivity contribution in [1.29, 1.82) is 0 Å². The van der Waals surface area contributed by atoms with Gasteiger partial charge in [0.25, 0.3) is 5.91 Å². The summed E-state index contributed by atoms with van der Waals surface area (Å²) in [4.78, 5) is 30.2. The second-order valence-corrected chi connectivity index (χ2v) is 7.67. The molecule has 0 aliphatic heterocycles. The third-order valence-corrected chi connectivity index (χ3v) is 5.20. The van der Waals surface area contributed by atoms with Crippen LogP contribution in [0.5, 0.6) is 5.75 Å². The van der Waals surface area contributed by atoms with Crippen molar-refractivity contribution in [2.45, 2.75) is 13.5 Å². The Bertz CT molecular complexity index is 1430. The van der Waals surface area contributed by atoms with Crippen molar-refractivity contribution in [3.05, 3.63) is 76.2 Å². The molecule has 0 saturated heterocycles. The van der Waals surface area contributed by atoms with Crippen LogP contribution in [0.4, 0.5) is 5.69 Å². The summed E-state index contributed by atoms with van der Waals surface area (Å²) in [5, 5.41) is 26.1. The molecule has 2 aromatic carbocycles. The van der Waals surface area contributed by atoms with E-state index < -0.39 is 11.3 Å². The van der Waals surface area contributed by atoms with E-state index >= 15 is 0 Å². The molecule has 0 fully saturated rings. The highest BCUT2D eigenvalue weighted by Crippen LogP contribution is 2.30. The van der Waals surface area contributed by atoms with Gasteiger partial charge in [-0.2, -0.15) is 0 Å². The zero-order valence-electron chi connectivity index (χ0n) is 17.1. The Balaban J connectivity index is 1.76. The number of rotatable bonds is 4. The number of hydrogen-bond donors (Lipinski definition) is 4. The molecule has 0 spiro atoms. The number of aliphatic hydroxyl groups excluding tert-OH is 1. The minimum atomic E-state index is -0.695. The van der Waals surface area contributed by atoms with Gasteiger partial charge in [-0.05, 0) is 55.0 Å². The molecule has 2 aromatic heterocycles. The van der Waals surface area contributed by atoms with Crippen molar-refractivity contribution >= 4 is 50.7 Å². The molecule has 0 aliphatic carbocycles. The number of pyridine rings is 2. The van der Waals surface area contributed by atoms with Gasteiger partial charge in [0.05, 0.1) is 17.5 Å². The summed E-state index contributed by atoms with van der Waals surface area (Å²) in [5.74, 6) is -0.866. The number of aliphatic hydroxyl groups is 1. The average molecular weight is 449 g/mol. The predicted octanol–water partition coefficient (Wildman–Crippen LogP) is 2.68. The van der Waals surface area contributed by atoms with Crippen molar-refractivity contribution in [2.75, 3.05) is 11.9 Å². The van der Waals surface area contributed by atoms with Gasteiger partial charge in [-0.15, -0.1) is 0 Å². The quantitative estimate of drug-likeness (QED) is 0.280. The molecule has 2 heterocycles. The number of aromatic nitrogens is 2. The van der Waals surface area contributed by atoms with Crippen LogP contribution in [0.2, 0.25) is 0 Å². The maximum Gasteiger partial charge on any atom is 0.262 e. The van der Waals surface area contributed by atoms with Gasteiger partial charge in [-0.25, -0.2) is 0 Å². The Hall–Kier alpha value is -3.82. The average Bonchev–Trinajstić information content (AvgIpc) is 2.76. The number of carbonyl (C=O) groups excluding carboxylic acids is 1. The lowest BCUT2D eigenvalue weighted by molar-refractivity contribution is 0.0976. The fourth-order valence-corrected chi connectivity index (χ4v) is 3.84. The number of nitrogens with zero attached hydrogens (tertiary/aromatic N) is 2. The lowest BCUT2D eigenvalue weighted by Gasteiger charge is -2.15. The smallest absolute Gasteiger partial charge is 0.262 e. The first kappa shape index (κ1) is 21.4. The van der Waals surface area contributed by atoms with Gasteiger partial charge >= 0.3 is 0 Å². The molecule has 9 heteroatoms. The molecule has 1 amide bonds. The molecular weight excluding hydrogens is 428 g/mol. The molecule has 4 aromatic rings. The second-order valence-electron chi connectivity index (χ2n) is 7.26. The molecule has 0 saturated carbocycles. The van der Waals surface area contributed by atoms with E-state index in [2.05, 4.69) is 15.6 Å². The monoisotopic (exact) mass is 448 g/mol. The maximum absolute atomic E-state index is 13.2. The van der Waals surface area contributed by atoms with Gasteiger partial charge in [0.2, 0.25) is 5.43 Å². The predicted molar refractivity (Wildman–Crippen MR) is 127 cm³/mol. The molecule has 32 heavy (non-hydrogen) atoms. The number of fused-ring (bicyclic) bond motifs is 3. The number of amides is 1. The van der Waals surface area contributed by atoms with E-state index in [9.17, 15) is 19.8 Å². The first-order valence-electron chi connectivity index (χ1n) is 9.82. The van der Waals surface area contributed by atoms with E-state index in [1.807, 2.05) is 25.1 Å². The number of nitrogens with one attached hydrogen (secondary N) is 2. The van der Waals surface area contributed by atoms with Crippen molar-refractivity contribution in [3.8, 4) is 5.75 Å². The summed E-state index contributed by atoms with van der Waals surface area (Å²) in [6.45, 7) is 1.85. The molecule has 0 unspecified atom stereocenters. The normalized spacial score (nSPS) is 10.9. The number of thiocarbonyl (C=S) groups is 1. The topological polar surface area (TPSA) is 116 Å². The largest absolute Gasteiger partial charge is 0.506 e. The van der Waals surface area contributed by atoms with E-state index in [-0.39, 0.29) is 35.0 Å². The highest BCUT2D eigenvalue weighted by molar-refractivity contribution is 7.80. The summed E-state index contributed by atoms with van der Waals surface area (Å²) in [7, 11) is 0. The van der Waals surface area contributed by atoms with E-state index in [0.29, 0.717) is 22.1 Å². The Morgan fingerprint density at radius 3 is 2.75 bits per heavy atom. The molecule has 4 N–H and O–H groups in total. The fourth-order valence-electron chi connectivity index (χ4n) is 3.63. The molecular formula is C23H20N4O4S. The van der Waals surface area contributed by atoms with Crippen LogP contribution >= 0.6 is 12.2 Å². The Kier molecular flexibility index (Phi) is 5.85. The summed E-state index contributed by atoms with van der Waals surface area (Å²) >= 11 is 5.22. The summed E-state index contributed by atoms with van der Waals surface area (Å²) in [6, 6.07) is 12.2. The number of phenols is 1. The van der Waals surface area contributed by atoms with Crippen LogP contribution in [0.1, 0.15) is 15.9 Å². The maximum atomic E-state index is 13.2. The fraction of sp³-hybridized carbons (Fsp3) is 0.130. The van der Waals surface area contributed by atoms with Crippen LogP contribution in [-0.2, 0) is 6.54 Å².